The molecule has 0 unspecified atom stereocenters. The zero-order valence-electron chi connectivity index (χ0n) is 10.3. The molecule has 0 heterocycles. The second-order valence-corrected chi connectivity index (χ2v) is 4.32. The number of nitrogens with two attached hydrogens (primary N) is 1. The average Bonchev–Trinajstić information content (AvgIpc) is 2.24. The van der Waals surface area contributed by atoms with Crippen molar-refractivity contribution in [3.63, 3.8) is 0 Å². The number of halogens is 4. The van der Waals surface area contributed by atoms with Gasteiger partial charge in [0.1, 0.15) is 12.4 Å². The number of nitrogens with zero attached hydrogens (tertiary/aromatic N) is 1. The largest absolute Gasteiger partial charge is 0.405 e. The van der Waals surface area contributed by atoms with Crippen LogP contribution >= 0.6 is 0 Å². The van der Waals surface area contributed by atoms with E-state index < -0.39 is 18.5 Å². The van der Waals surface area contributed by atoms with E-state index in [4.69, 9.17) is 5.73 Å². The Hall–Kier alpha value is -1.30. The van der Waals surface area contributed by atoms with Crippen LogP contribution in [0.25, 0.3) is 0 Å². The predicted octanol–water partition coefficient (Wildman–Crippen LogP) is 3.06. The predicted molar refractivity (Wildman–Crippen MR) is 62.8 cm³/mol. The molecule has 0 aliphatic heterocycles. The number of alkyl halides is 3. The van der Waals surface area contributed by atoms with E-state index in [0.29, 0.717) is 0 Å². The Morgan fingerprint density at radius 2 is 1.89 bits per heavy atom. The van der Waals surface area contributed by atoms with E-state index >= 15 is 0 Å². The van der Waals surface area contributed by atoms with Crippen molar-refractivity contribution >= 4 is 5.69 Å². The summed E-state index contributed by atoms with van der Waals surface area (Å²) in [6.45, 7) is 2.17. The first-order chi connectivity index (χ1) is 8.24. The SMILES string of the molecule is CC(C)N(CC(F)(F)F)c1ccc(CN)c(F)c1. The lowest BCUT2D eigenvalue weighted by atomic mass is 10.1. The van der Waals surface area contributed by atoms with Crippen molar-refractivity contribution in [1.29, 1.82) is 0 Å². The fourth-order valence-corrected chi connectivity index (χ4v) is 1.65. The third kappa shape index (κ3) is 3.87. The van der Waals surface area contributed by atoms with Crippen LogP contribution in [0.15, 0.2) is 18.2 Å². The molecule has 0 fully saturated rings. The lowest BCUT2D eigenvalue weighted by Gasteiger charge is -2.30. The molecule has 0 saturated heterocycles. The van der Waals surface area contributed by atoms with Crippen molar-refractivity contribution in [2.75, 3.05) is 11.4 Å². The third-order valence-corrected chi connectivity index (χ3v) is 2.56. The number of rotatable bonds is 4. The van der Waals surface area contributed by atoms with Crippen molar-refractivity contribution in [2.24, 2.45) is 5.73 Å². The van der Waals surface area contributed by atoms with Crippen LogP contribution in [-0.4, -0.2) is 18.8 Å². The number of benzene rings is 1. The van der Waals surface area contributed by atoms with Crippen LogP contribution in [-0.2, 0) is 6.54 Å². The van der Waals surface area contributed by atoms with Gasteiger partial charge in [0.2, 0.25) is 0 Å². The fraction of sp³-hybridized carbons (Fsp3) is 0.500. The van der Waals surface area contributed by atoms with E-state index in [1.165, 1.54) is 12.1 Å². The first kappa shape index (κ1) is 14.8. The molecule has 0 aliphatic carbocycles. The van der Waals surface area contributed by atoms with Crippen LogP contribution < -0.4 is 10.6 Å². The van der Waals surface area contributed by atoms with Crippen molar-refractivity contribution < 1.29 is 17.6 Å². The molecule has 0 amide bonds. The number of hydrogen-bond donors (Lipinski definition) is 1. The molecule has 6 heteroatoms. The Balaban J connectivity index is 3.03. The number of hydrogen-bond acceptors (Lipinski definition) is 2. The summed E-state index contributed by atoms with van der Waals surface area (Å²) in [5.41, 5.74) is 5.80. The maximum absolute atomic E-state index is 13.5. The van der Waals surface area contributed by atoms with E-state index in [1.54, 1.807) is 13.8 Å². The van der Waals surface area contributed by atoms with Gasteiger partial charge in [-0.05, 0) is 26.0 Å². The molecule has 2 nitrogen and oxygen atoms in total. The minimum atomic E-state index is -4.33. The molecule has 18 heavy (non-hydrogen) atoms. The fourth-order valence-electron chi connectivity index (χ4n) is 1.65. The molecular weight excluding hydrogens is 248 g/mol. The molecule has 0 bridgehead atoms. The topological polar surface area (TPSA) is 29.3 Å². The summed E-state index contributed by atoms with van der Waals surface area (Å²) in [5.74, 6) is -0.581. The standard InChI is InChI=1S/C12H16F4N2/c1-8(2)18(7-12(14,15)16)10-4-3-9(6-17)11(13)5-10/h3-5,8H,6-7,17H2,1-2H3. The highest BCUT2D eigenvalue weighted by Gasteiger charge is 2.32. The minimum absolute atomic E-state index is 0.0209. The minimum Gasteiger partial charge on any atom is -0.360 e. The Labute approximate surface area is 103 Å². The highest BCUT2D eigenvalue weighted by molar-refractivity contribution is 5.49. The summed E-state index contributed by atoms with van der Waals surface area (Å²) in [6.07, 6.45) is -4.33. The Morgan fingerprint density at radius 1 is 1.28 bits per heavy atom. The second kappa shape index (κ2) is 5.56. The zero-order chi connectivity index (χ0) is 13.9. The molecule has 1 rings (SSSR count). The molecule has 0 atom stereocenters. The first-order valence-corrected chi connectivity index (χ1v) is 5.56. The van der Waals surface area contributed by atoms with E-state index in [1.807, 2.05) is 0 Å². The number of anilines is 1. The lowest BCUT2D eigenvalue weighted by Crippen LogP contribution is -2.39. The maximum Gasteiger partial charge on any atom is 0.405 e. The Bertz CT molecular complexity index is 402. The normalized spacial score (nSPS) is 12.0. The first-order valence-electron chi connectivity index (χ1n) is 5.56. The van der Waals surface area contributed by atoms with Gasteiger partial charge in [-0.15, -0.1) is 0 Å². The highest BCUT2D eigenvalue weighted by Crippen LogP contribution is 2.25. The summed E-state index contributed by atoms with van der Waals surface area (Å²) in [7, 11) is 0. The molecule has 0 aliphatic rings. The molecule has 0 radical (unpaired) electrons. The maximum atomic E-state index is 13.5. The van der Waals surface area contributed by atoms with E-state index in [9.17, 15) is 17.6 Å². The molecule has 2 N–H and O–H groups in total. The van der Waals surface area contributed by atoms with Gasteiger partial charge in [-0.1, -0.05) is 6.07 Å². The van der Waals surface area contributed by atoms with E-state index in [-0.39, 0.29) is 23.8 Å². The van der Waals surface area contributed by atoms with Gasteiger partial charge in [0.25, 0.3) is 0 Å². The average molecular weight is 264 g/mol. The van der Waals surface area contributed by atoms with Crippen LogP contribution in [0.3, 0.4) is 0 Å². The molecule has 102 valence electrons. The molecule has 1 aromatic carbocycles. The van der Waals surface area contributed by atoms with Gasteiger partial charge in [0, 0.05) is 23.8 Å². The summed E-state index contributed by atoms with van der Waals surface area (Å²) in [5, 5.41) is 0. The molecular formula is C12H16F4N2. The van der Waals surface area contributed by atoms with Crippen LogP contribution in [0.1, 0.15) is 19.4 Å². The summed E-state index contributed by atoms with van der Waals surface area (Å²) >= 11 is 0. The highest BCUT2D eigenvalue weighted by atomic mass is 19.4. The summed E-state index contributed by atoms with van der Waals surface area (Å²) in [4.78, 5) is 1.10. The van der Waals surface area contributed by atoms with Crippen molar-refractivity contribution in [1.82, 2.24) is 0 Å². The van der Waals surface area contributed by atoms with Gasteiger partial charge in [-0.25, -0.2) is 4.39 Å². The summed E-state index contributed by atoms with van der Waals surface area (Å²) in [6, 6.07) is 3.58. The van der Waals surface area contributed by atoms with Crippen LogP contribution in [0.2, 0.25) is 0 Å². The molecule has 0 aromatic heterocycles. The van der Waals surface area contributed by atoms with Crippen molar-refractivity contribution in [2.45, 2.75) is 32.6 Å². The van der Waals surface area contributed by atoms with Gasteiger partial charge in [0.05, 0.1) is 0 Å². The third-order valence-electron chi connectivity index (χ3n) is 2.56. The lowest BCUT2D eigenvalue weighted by molar-refractivity contribution is -0.120. The molecule has 1 aromatic rings. The Morgan fingerprint density at radius 3 is 2.28 bits per heavy atom. The van der Waals surface area contributed by atoms with Gasteiger partial charge < -0.3 is 10.6 Å². The van der Waals surface area contributed by atoms with E-state index in [0.717, 1.165) is 11.0 Å². The van der Waals surface area contributed by atoms with Gasteiger partial charge in [0.15, 0.2) is 0 Å². The van der Waals surface area contributed by atoms with Crippen molar-refractivity contribution in [3.8, 4) is 0 Å². The quantitative estimate of drug-likeness (QED) is 0.847. The van der Waals surface area contributed by atoms with E-state index in [2.05, 4.69) is 0 Å². The summed E-state index contributed by atoms with van der Waals surface area (Å²) < 4.78 is 50.8. The molecule has 0 spiro atoms. The smallest absolute Gasteiger partial charge is 0.360 e. The van der Waals surface area contributed by atoms with Gasteiger partial charge in [-0.2, -0.15) is 13.2 Å². The van der Waals surface area contributed by atoms with Crippen LogP contribution in [0.4, 0.5) is 23.2 Å². The van der Waals surface area contributed by atoms with Crippen molar-refractivity contribution in [3.05, 3.63) is 29.6 Å². The molecule has 0 saturated carbocycles. The van der Waals surface area contributed by atoms with Crippen LogP contribution in [0, 0.1) is 5.82 Å². The zero-order valence-corrected chi connectivity index (χ0v) is 10.3. The van der Waals surface area contributed by atoms with Crippen LogP contribution in [0.5, 0.6) is 0 Å². The Kier molecular flexibility index (Phi) is 4.56. The van der Waals surface area contributed by atoms with Gasteiger partial charge in [-0.3, -0.25) is 0 Å². The monoisotopic (exact) mass is 264 g/mol. The second-order valence-electron chi connectivity index (χ2n) is 4.32. The van der Waals surface area contributed by atoms with Gasteiger partial charge >= 0.3 is 6.18 Å².